The fraction of sp³-hybridized carbons (Fsp3) is 0.550. The van der Waals surface area contributed by atoms with Gasteiger partial charge in [0.1, 0.15) is 18.3 Å². The highest BCUT2D eigenvalue weighted by Gasteiger charge is 2.96. The highest BCUT2D eigenvalue weighted by molar-refractivity contribution is 7.12. The molecule has 4 fully saturated rings. The van der Waals surface area contributed by atoms with E-state index in [1.807, 2.05) is 22.9 Å². The fourth-order valence-corrected chi connectivity index (χ4v) is 7.92. The molecule has 1 spiro atoms. The molecule has 2 aliphatic heterocycles. The van der Waals surface area contributed by atoms with Gasteiger partial charge in [0.05, 0.1) is 29.8 Å². The number of likely N-dealkylation sites (N-methyl/N-ethyl adjacent to an activating group) is 1. The Balaban J connectivity index is 0.00000171. The van der Waals surface area contributed by atoms with Crippen LogP contribution in [-0.4, -0.2) is 59.5 Å². The molecule has 0 bridgehead atoms. The van der Waals surface area contributed by atoms with Gasteiger partial charge in [0, 0.05) is 6.42 Å². The molecule has 0 aromatic carbocycles. The summed E-state index contributed by atoms with van der Waals surface area (Å²) in [7, 11) is 4.54. The molecule has 6 rings (SSSR count). The van der Waals surface area contributed by atoms with E-state index in [4.69, 9.17) is 9.47 Å². The third-order valence-corrected chi connectivity index (χ3v) is 9.50. The van der Waals surface area contributed by atoms with Gasteiger partial charge in [-0.25, -0.2) is 4.79 Å². The number of likely N-dealkylation sites (tertiary alicyclic amines) is 1. The summed E-state index contributed by atoms with van der Waals surface area (Å²) in [6, 6.07) is 7.79. The van der Waals surface area contributed by atoms with Crippen molar-refractivity contribution in [2.24, 2.45) is 5.92 Å². The molecule has 2 saturated heterocycles. The minimum Gasteiger partial charge on any atom is -1.00 e. The molecule has 28 heavy (non-hydrogen) atoms. The van der Waals surface area contributed by atoms with Crippen LogP contribution < -0.4 is 17.0 Å². The Morgan fingerprint density at radius 2 is 1.89 bits per heavy atom. The van der Waals surface area contributed by atoms with Crippen molar-refractivity contribution in [2.75, 3.05) is 14.1 Å². The lowest BCUT2D eigenvalue weighted by Crippen LogP contribution is -3.00. The van der Waals surface area contributed by atoms with Gasteiger partial charge >= 0.3 is 5.97 Å². The summed E-state index contributed by atoms with van der Waals surface area (Å²) in [5.41, 5.74) is -1.45. The van der Waals surface area contributed by atoms with Gasteiger partial charge in [0.2, 0.25) is 5.60 Å². The van der Waals surface area contributed by atoms with E-state index in [0.29, 0.717) is 33.9 Å². The molecule has 2 aromatic heterocycles. The van der Waals surface area contributed by atoms with E-state index < -0.39 is 11.6 Å². The topological polar surface area (TPSA) is 59.1 Å². The van der Waals surface area contributed by atoms with Crippen LogP contribution in [0, 0.1) is 5.92 Å². The van der Waals surface area contributed by atoms with Crippen molar-refractivity contribution in [1.82, 2.24) is 0 Å². The van der Waals surface area contributed by atoms with Crippen LogP contribution in [0.4, 0.5) is 0 Å². The summed E-state index contributed by atoms with van der Waals surface area (Å²) in [5.74, 6) is -0.0749. The number of hydrogen-bond donors (Lipinski definition) is 1. The van der Waals surface area contributed by atoms with Gasteiger partial charge in [0.25, 0.3) is 0 Å². The maximum atomic E-state index is 13.2. The standard InChI is InChI=1S/C20H22NO4S2.BrH/c1-21(2)13-10-11(9-12-16-17(25-16)19(12,13)21)24-18(22)20(23,14-5-3-7-26-14)15-6-4-8-27-15;/h3-8,11-13,16-17,23H,9-10H2,1-2H3;1H/q+1;/p-1/t11-,12-,13+,16-,17-,19?;/m1./s1. The van der Waals surface area contributed by atoms with Gasteiger partial charge in [0.15, 0.2) is 11.6 Å². The van der Waals surface area contributed by atoms with Crippen LogP contribution in [0.25, 0.3) is 0 Å². The Bertz CT molecular complexity index is 871. The molecule has 4 heterocycles. The number of epoxide rings is 1. The second kappa shape index (κ2) is 5.89. The Kier molecular flexibility index (Phi) is 4.04. The Labute approximate surface area is 182 Å². The summed E-state index contributed by atoms with van der Waals surface area (Å²) in [6.07, 6.45) is 2.33. The number of aliphatic hydroxyl groups is 1. The van der Waals surface area contributed by atoms with E-state index in [0.717, 1.165) is 17.3 Å². The van der Waals surface area contributed by atoms with E-state index >= 15 is 0 Å². The maximum absolute atomic E-state index is 13.2. The summed E-state index contributed by atoms with van der Waals surface area (Å²) in [6.45, 7) is 0. The van der Waals surface area contributed by atoms with Crippen LogP contribution >= 0.6 is 22.7 Å². The molecule has 5 nitrogen and oxygen atoms in total. The van der Waals surface area contributed by atoms with Gasteiger partial charge in [-0.15, -0.1) is 22.7 Å². The quantitative estimate of drug-likeness (QED) is 0.356. The number of halogens is 1. The Hall–Kier alpha value is -0.770. The van der Waals surface area contributed by atoms with Crippen molar-refractivity contribution < 1.29 is 40.8 Å². The second-order valence-electron chi connectivity index (χ2n) is 8.73. The molecule has 2 aromatic rings. The van der Waals surface area contributed by atoms with Crippen molar-refractivity contribution in [2.45, 2.75) is 48.3 Å². The third kappa shape index (κ3) is 2.09. The molecule has 150 valence electrons. The van der Waals surface area contributed by atoms with E-state index in [9.17, 15) is 9.90 Å². The number of carbonyl (C=O) groups is 1. The number of quaternary nitrogens is 1. The van der Waals surface area contributed by atoms with Crippen molar-refractivity contribution in [3.8, 4) is 0 Å². The zero-order chi connectivity index (χ0) is 18.6. The van der Waals surface area contributed by atoms with E-state index in [1.165, 1.54) is 22.7 Å². The minimum absolute atomic E-state index is 0. The van der Waals surface area contributed by atoms with Crippen molar-refractivity contribution in [3.63, 3.8) is 0 Å². The first-order chi connectivity index (χ1) is 12.9. The largest absolute Gasteiger partial charge is 1.00 e. The highest BCUT2D eigenvalue weighted by atomic mass is 79.9. The van der Waals surface area contributed by atoms with Crippen LogP contribution in [-0.2, 0) is 19.9 Å². The van der Waals surface area contributed by atoms with Gasteiger partial charge in [-0.1, -0.05) is 12.1 Å². The summed E-state index contributed by atoms with van der Waals surface area (Å²) < 4.78 is 12.8. The molecule has 2 saturated carbocycles. The predicted molar refractivity (Wildman–Crippen MR) is 102 cm³/mol. The number of rotatable bonds is 4. The second-order valence-corrected chi connectivity index (χ2v) is 10.6. The molecule has 6 atom stereocenters. The van der Waals surface area contributed by atoms with Gasteiger partial charge in [-0.3, -0.25) is 0 Å². The number of nitrogens with zero attached hydrogens (tertiary/aromatic N) is 1. The van der Waals surface area contributed by atoms with Gasteiger partial charge < -0.3 is 36.0 Å². The minimum atomic E-state index is -1.72. The lowest BCUT2D eigenvalue weighted by Gasteiger charge is -2.36. The zero-order valence-electron chi connectivity index (χ0n) is 15.6. The SMILES string of the molecule is C[N+]1(C)[C@H]2C[C@H](OC(=O)C(O)(c3cccs3)c3cccs3)C[C@@H]3[C@H]4O[C@H]4C321.[Br-]. The molecule has 0 radical (unpaired) electrons. The molecule has 4 aliphatic rings. The number of carbonyl (C=O) groups excluding carboxylic acids is 1. The molecule has 8 heteroatoms. The van der Waals surface area contributed by atoms with Gasteiger partial charge in [-0.05, 0) is 29.3 Å². The summed E-state index contributed by atoms with van der Waals surface area (Å²) in [5, 5.41) is 15.2. The number of esters is 1. The lowest BCUT2D eigenvalue weighted by atomic mass is 9.64. The van der Waals surface area contributed by atoms with Crippen LogP contribution in [0.3, 0.4) is 0 Å². The first-order valence-corrected chi connectivity index (χ1v) is 11.2. The van der Waals surface area contributed by atoms with Gasteiger partial charge in [-0.2, -0.15) is 0 Å². The molecular formula is C20H22BrNO4S2. The predicted octanol–water partition coefficient (Wildman–Crippen LogP) is -0.650. The summed E-state index contributed by atoms with van der Waals surface area (Å²) in [4.78, 5) is 14.4. The molecule has 2 aliphatic carbocycles. The van der Waals surface area contributed by atoms with Crippen LogP contribution in [0.2, 0.25) is 0 Å². The summed E-state index contributed by atoms with van der Waals surface area (Å²) >= 11 is 2.76. The van der Waals surface area contributed by atoms with Crippen molar-refractivity contribution >= 4 is 28.6 Å². The number of fused-ring (bicyclic) bond motifs is 2. The molecule has 0 amide bonds. The van der Waals surface area contributed by atoms with Crippen LogP contribution in [0.5, 0.6) is 0 Å². The first-order valence-electron chi connectivity index (χ1n) is 9.42. The average Bonchev–Trinajstić information content (AvgIpc) is 3.21. The van der Waals surface area contributed by atoms with Crippen LogP contribution in [0.15, 0.2) is 35.0 Å². The van der Waals surface area contributed by atoms with Crippen LogP contribution in [0.1, 0.15) is 22.6 Å². The monoisotopic (exact) mass is 483 g/mol. The number of thiophene rings is 2. The van der Waals surface area contributed by atoms with Crippen molar-refractivity contribution in [1.29, 1.82) is 0 Å². The fourth-order valence-electron chi connectivity index (χ4n) is 6.21. The number of ether oxygens (including phenoxy) is 2. The Morgan fingerprint density at radius 1 is 1.25 bits per heavy atom. The Morgan fingerprint density at radius 3 is 2.46 bits per heavy atom. The number of hydrogen-bond acceptors (Lipinski definition) is 6. The zero-order valence-corrected chi connectivity index (χ0v) is 18.8. The van der Waals surface area contributed by atoms with Crippen molar-refractivity contribution in [3.05, 3.63) is 44.8 Å². The third-order valence-electron chi connectivity index (χ3n) is 7.54. The van der Waals surface area contributed by atoms with E-state index in [1.54, 1.807) is 12.1 Å². The smallest absolute Gasteiger partial charge is 0.349 e. The molecular weight excluding hydrogens is 462 g/mol. The lowest BCUT2D eigenvalue weighted by molar-refractivity contribution is -0.805. The normalized spacial score (nSPS) is 38.8. The highest BCUT2D eigenvalue weighted by Crippen LogP contribution is 2.75. The average molecular weight is 484 g/mol. The van der Waals surface area contributed by atoms with E-state index in [2.05, 4.69) is 14.1 Å². The molecule has 1 unspecified atom stereocenters. The van der Waals surface area contributed by atoms with E-state index in [-0.39, 0.29) is 28.6 Å². The molecule has 1 N–H and O–H groups in total. The first kappa shape index (κ1) is 19.2. The maximum Gasteiger partial charge on any atom is 0.349 e.